The number of amides is 1. The van der Waals surface area contributed by atoms with Crippen LogP contribution in [0.5, 0.6) is 0 Å². The monoisotopic (exact) mass is 452 g/mol. The van der Waals surface area contributed by atoms with E-state index in [1.165, 1.54) is 19.3 Å². The van der Waals surface area contributed by atoms with Gasteiger partial charge in [0.25, 0.3) is 0 Å². The number of alkyl carbamates (subject to hydrolysis) is 1. The van der Waals surface area contributed by atoms with Gasteiger partial charge in [0.1, 0.15) is 11.2 Å². The Balaban J connectivity index is 1.64. The predicted octanol–water partition coefficient (Wildman–Crippen LogP) is 3.66. The lowest BCUT2D eigenvalue weighted by Crippen LogP contribution is -2.64. The summed E-state index contributed by atoms with van der Waals surface area (Å²) in [6.45, 7) is 10.5. The van der Waals surface area contributed by atoms with E-state index >= 15 is 0 Å². The summed E-state index contributed by atoms with van der Waals surface area (Å²) in [4.78, 5) is 37.9. The van der Waals surface area contributed by atoms with Gasteiger partial charge in [0.05, 0.1) is 13.0 Å². The molecule has 4 aliphatic rings. The number of rotatable bonds is 6. The van der Waals surface area contributed by atoms with E-state index < -0.39 is 41.3 Å². The van der Waals surface area contributed by atoms with Crippen LogP contribution in [0.2, 0.25) is 0 Å². The summed E-state index contributed by atoms with van der Waals surface area (Å²) in [7, 11) is 0. The first kappa shape index (κ1) is 24.8. The molecule has 0 aromatic heterocycles. The molecule has 32 heavy (non-hydrogen) atoms. The highest BCUT2D eigenvalue weighted by molar-refractivity contribution is 5.90. The van der Waals surface area contributed by atoms with Gasteiger partial charge in [0, 0.05) is 5.41 Å². The summed E-state index contributed by atoms with van der Waals surface area (Å²) in [5.41, 5.74) is 2.55. The van der Waals surface area contributed by atoms with Gasteiger partial charge in [-0.25, -0.2) is 9.59 Å². The average Bonchev–Trinajstić information content (AvgIpc) is 2.55. The molecule has 1 unspecified atom stereocenters. The summed E-state index contributed by atoms with van der Waals surface area (Å²) in [5.74, 6) is 0.566. The van der Waals surface area contributed by atoms with Gasteiger partial charge in [-0.3, -0.25) is 15.8 Å². The van der Waals surface area contributed by atoms with E-state index in [1.807, 2.05) is 0 Å². The number of nitrogens with two attached hydrogens (primary N) is 1. The van der Waals surface area contributed by atoms with Crippen LogP contribution in [0, 0.1) is 23.2 Å². The summed E-state index contributed by atoms with van der Waals surface area (Å²) < 4.78 is 16.3. The number of esters is 2. The van der Waals surface area contributed by atoms with E-state index in [0.717, 1.165) is 37.0 Å². The maximum atomic E-state index is 12.8. The molecule has 0 aliphatic heterocycles. The molecule has 8 heteroatoms. The lowest BCUT2D eigenvalue weighted by atomic mass is 9.50. The van der Waals surface area contributed by atoms with Gasteiger partial charge in [-0.05, 0) is 97.8 Å². The Kier molecular flexibility index (Phi) is 6.59. The van der Waals surface area contributed by atoms with Crippen LogP contribution in [0.25, 0.3) is 0 Å². The zero-order chi connectivity index (χ0) is 23.9. The molecule has 182 valence electrons. The number of nitrogens with one attached hydrogen (secondary N) is 1. The van der Waals surface area contributed by atoms with Crippen molar-refractivity contribution in [1.82, 2.24) is 5.32 Å². The molecule has 0 spiro atoms. The van der Waals surface area contributed by atoms with Gasteiger partial charge < -0.3 is 14.2 Å². The summed E-state index contributed by atoms with van der Waals surface area (Å²) in [6, 6.07) is 0. The molecule has 4 aliphatic carbocycles. The van der Waals surface area contributed by atoms with Crippen LogP contribution < -0.4 is 11.1 Å². The Morgan fingerprint density at radius 3 is 1.78 bits per heavy atom. The minimum Gasteiger partial charge on any atom is -0.460 e. The Labute approximate surface area is 191 Å². The quantitative estimate of drug-likeness (QED) is 0.359. The van der Waals surface area contributed by atoms with Gasteiger partial charge >= 0.3 is 18.0 Å². The topological polar surface area (TPSA) is 117 Å². The summed E-state index contributed by atoms with van der Waals surface area (Å²) >= 11 is 0. The maximum Gasteiger partial charge on any atom is 0.409 e. The zero-order valence-corrected chi connectivity index (χ0v) is 20.4. The van der Waals surface area contributed by atoms with Crippen molar-refractivity contribution < 1.29 is 28.6 Å². The van der Waals surface area contributed by atoms with Gasteiger partial charge in [0.2, 0.25) is 5.66 Å². The second kappa shape index (κ2) is 8.50. The second-order valence-corrected chi connectivity index (χ2v) is 12.4. The second-order valence-electron chi connectivity index (χ2n) is 12.4. The van der Waals surface area contributed by atoms with Gasteiger partial charge in [-0.15, -0.1) is 0 Å². The van der Waals surface area contributed by atoms with Gasteiger partial charge in [-0.1, -0.05) is 0 Å². The van der Waals surface area contributed by atoms with Crippen LogP contribution in [0.15, 0.2) is 0 Å². The number of hydrogen-bond donors (Lipinski definition) is 2. The van der Waals surface area contributed by atoms with E-state index in [2.05, 4.69) is 5.32 Å². The third-order valence-electron chi connectivity index (χ3n) is 6.61. The molecule has 0 aromatic rings. The minimum atomic E-state index is -2.09. The number of ether oxygens (including phenoxy) is 3. The van der Waals surface area contributed by atoms with Crippen molar-refractivity contribution in [2.75, 3.05) is 6.61 Å². The third kappa shape index (κ3) is 6.36. The SMILES string of the molecule is CC(C)(C)OC(=O)CC(N)(NC(=O)OCC12CC3CC(CC(C3)C1)C2)C(=O)OC(C)(C)C. The van der Waals surface area contributed by atoms with Crippen LogP contribution in [-0.2, 0) is 23.8 Å². The molecule has 0 aromatic carbocycles. The molecule has 3 N–H and O–H groups in total. The maximum absolute atomic E-state index is 12.8. The molecular weight excluding hydrogens is 412 g/mol. The lowest BCUT2D eigenvalue weighted by molar-refractivity contribution is -0.170. The smallest absolute Gasteiger partial charge is 0.409 e. The average molecular weight is 453 g/mol. The molecule has 4 saturated carbocycles. The van der Waals surface area contributed by atoms with Crippen molar-refractivity contribution in [2.45, 2.75) is 103 Å². The van der Waals surface area contributed by atoms with Crippen molar-refractivity contribution in [1.29, 1.82) is 0 Å². The largest absolute Gasteiger partial charge is 0.460 e. The molecule has 4 bridgehead atoms. The molecule has 0 heterocycles. The first-order valence-corrected chi connectivity index (χ1v) is 11.8. The Bertz CT molecular complexity index is 715. The normalized spacial score (nSPS) is 30.9. The van der Waals surface area contributed by atoms with Crippen LogP contribution >= 0.6 is 0 Å². The Morgan fingerprint density at radius 1 is 0.875 bits per heavy atom. The van der Waals surface area contributed by atoms with Gasteiger partial charge in [-0.2, -0.15) is 0 Å². The fourth-order valence-corrected chi connectivity index (χ4v) is 6.05. The summed E-state index contributed by atoms with van der Waals surface area (Å²) in [6.07, 6.45) is 5.77. The minimum absolute atomic E-state index is 0.0282. The van der Waals surface area contributed by atoms with Crippen molar-refractivity contribution in [3.63, 3.8) is 0 Å². The van der Waals surface area contributed by atoms with E-state index in [-0.39, 0.29) is 5.41 Å². The first-order valence-electron chi connectivity index (χ1n) is 11.8. The van der Waals surface area contributed by atoms with Crippen molar-refractivity contribution in [3.05, 3.63) is 0 Å². The van der Waals surface area contributed by atoms with E-state index in [4.69, 9.17) is 19.9 Å². The molecule has 0 saturated heterocycles. The van der Waals surface area contributed by atoms with Crippen molar-refractivity contribution >= 4 is 18.0 Å². The van der Waals surface area contributed by atoms with Gasteiger partial charge in [0.15, 0.2) is 0 Å². The highest BCUT2D eigenvalue weighted by atomic mass is 16.6. The Hall–Kier alpha value is -1.83. The molecule has 4 rings (SSSR count). The van der Waals surface area contributed by atoms with Crippen LogP contribution in [-0.4, -0.2) is 41.5 Å². The van der Waals surface area contributed by atoms with E-state index in [9.17, 15) is 14.4 Å². The Morgan fingerprint density at radius 2 is 1.34 bits per heavy atom. The standard InChI is InChI=1S/C24H40N2O6/c1-21(2,3)31-18(27)13-24(25,19(28)32-22(4,5)6)26-20(29)30-14-23-10-15-7-16(11-23)9-17(8-15)12-23/h15-17H,7-14,25H2,1-6H3,(H,26,29). The molecule has 8 nitrogen and oxygen atoms in total. The first-order chi connectivity index (χ1) is 14.6. The molecule has 4 fully saturated rings. The van der Waals surface area contributed by atoms with Crippen LogP contribution in [0.4, 0.5) is 4.79 Å². The van der Waals surface area contributed by atoms with Crippen LogP contribution in [0.3, 0.4) is 0 Å². The molecule has 1 amide bonds. The molecule has 1 atom stereocenters. The number of carbonyl (C=O) groups excluding carboxylic acids is 3. The van der Waals surface area contributed by atoms with E-state index in [0.29, 0.717) is 6.61 Å². The fourth-order valence-electron chi connectivity index (χ4n) is 6.05. The molecular formula is C24H40N2O6. The highest BCUT2D eigenvalue weighted by Crippen LogP contribution is 2.60. The predicted molar refractivity (Wildman–Crippen MR) is 118 cm³/mol. The molecule has 0 radical (unpaired) electrons. The third-order valence-corrected chi connectivity index (χ3v) is 6.61. The number of carbonyl (C=O) groups is 3. The summed E-state index contributed by atoms with van der Waals surface area (Å²) in [5, 5.41) is 2.41. The van der Waals surface area contributed by atoms with Crippen molar-refractivity contribution in [2.24, 2.45) is 28.9 Å². The van der Waals surface area contributed by atoms with Crippen molar-refractivity contribution in [3.8, 4) is 0 Å². The number of hydrogen-bond acceptors (Lipinski definition) is 7. The fraction of sp³-hybridized carbons (Fsp3) is 0.875. The lowest BCUT2D eigenvalue weighted by Gasteiger charge is -2.56. The van der Waals surface area contributed by atoms with Crippen LogP contribution in [0.1, 0.15) is 86.5 Å². The highest BCUT2D eigenvalue weighted by Gasteiger charge is 2.52. The zero-order valence-electron chi connectivity index (χ0n) is 20.4. The van der Waals surface area contributed by atoms with E-state index in [1.54, 1.807) is 41.5 Å².